The number of carboxylic acids is 1. The van der Waals surface area contributed by atoms with Crippen molar-refractivity contribution >= 4 is 11.6 Å². The fourth-order valence-electron chi connectivity index (χ4n) is 3.53. The molecule has 140 valence electrons. The average molecular weight is 371 g/mol. The molecule has 0 bridgehead atoms. The first-order valence-corrected chi connectivity index (χ1v) is 9.40. The maximum absolute atomic E-state index is 11.5. The Balaban J connectivity index is 1.67. The van der Waals surface area contributed by atoms with Crippen molar-refractivity contribution in [1.82, 2.24) is 14.6 Å². The molecular formula is C23H21N3O2. The highest BCUT2D eigenvalue weighted by Gasteiger charge is 2.14. The molecule has 0 spiro atoms. The second kappa shape index (κ2) is 7.64. The smallest absolute Gasteiger partial charge is 0.336 e. The summed E-state index contributed by atoms with van der Waals surface area (Å²) in [6.45, 7) is 2.15. The summed E-state index contributed by atoms with van der Waals surface area (Å²) in [6.07, 6.45) is 6.42. The van der Waals surface area contributed by atoms with Gasteiger partial charge in [-0.25, -0.2) is 14.3 Å². The molecule has 0 saturated carbocycles. The molecule has 4 rings (SSSR count). The van der Waals surface area contributed by atoms with Gasteiger partial charge in [-0.15, -0.1) is 0 Å². The fraction of sp³-hybridized carbons (Fsp3) is 0.174. The van der Waals surface area contributed by atoms with E-state index < -0.39 is 5.97 Å². The molecule has 0 aliphatic carbocycles. The molecular weight excluding hydrogens is 350 g/mol. The monoisotopic (exact) mass is 371 g/mol. The molecule has 0 unspecified atom stereocenters. The van der Waals surface area contributed by atoms with Gasteiger partial charge in [-0.3, -0.25) is 0 Å². The summed E-state index contributed by atoms with van der Waals surface area (Å²) in [4.78, 5) is 16.0. The fourth-order valence-corrected chi connectivity index (χ4v) is 3.53. The lowest BCUT2D eigenvalue weighted by Crippen LogP contribution is -1.99. The number of carbonyl (C=O) groups is 1. The van der Waals surface area contributed by atoms with E-state index >= 15 is 0 Å². The molecule has 2 heterocycles. The SMILES string of the molecule is CCCc1nn2cccnc2c1Cc1ccc(-c2ccccc2C(=O)O)cc1. The minimum Gasteiger partial charge on any atom is -0.478 e. The lowest BCUT2D eigenvalue weighted by Gasteiger charge is -2.08. The van der Waals surface area contributed by atoms with Crippen molar-refractivity contribution in [3.8, 4) is 11.1 Å². The number of hydrogen-bond donors (Lipinski definition) is 1. The van der Waals surface area contributed by atoms with Crippen LogP contribution in [0.2, 0.25) is 0 Å². The van der Waals surface area contributed by atoms with E-state index in [-0.39, 0.29) is 0 Å². The molecule has 0 radical (unpaired) electrons. The highest BCUT2D eigenvalue weighted by Crippen LogP contribution is 2.26. The topological polar surface area (TPSA) is 67.5 Å². The largest absolute Gasteiger partial charge is 0.478 e. The van der Waals surface area contributed by atoms with E-state index in [0.717, 1.165) is 52.9 Å². The number of nitrogens with zero attached hydrogens (tertiary/aromatic N) is 3. The van der Waals surface area contributed by atoms with Crippen molar-refractivity contribution in [1.29, 1.82) is 0 Å². The average Bonchev–Trinajstić information content (AvgIpc) is 3.06. The van der Waals surface area contributed by atoms with Crippen LogP contribution in [0.5, 0.6) is 0 Å². The lowest BCUT2D eigenvalue weighted by atomic mass is 9.97. The lowest BCUT2D eigenvalue weighted by molar-refractivity contribution is 0.0697. The first kappa shape index (κ1) is 17.9. The number of rotatable bonds is 6. The predicted molar refractivity (Wildman–Crippen MR) is 109 cm³/mol. The van der Waals surface area contributed by atoms with Gasteiger partial charge in [-0.1, -0.05) is 55.8 Å². The second-order valence-electron chi connectivity index (χ2n) is 6.79. The van der Waals surface area contributed by atoms with E-state index in [1.165, 1.54) is 0 Å². The molecule has 0 saturated heterocycles. The Morgan fingerprint density at radius 1 is 1.07 bits per heavy atom. The number of aromatic nitrogens is 3. The van der Waals surface area contributed by atoms with Crippen molar-refractivity contribution in [2.75, 3.05) is 0 Å². The van der Waals surface area contributed by atoms with Gasteiger partial charge in [-0.2, -0.15) is 5.10 Å². The van der Waals surface area contributed by atoms with Gasteiger partial charge in [0, 0.05) is 24.4 Å². The van der Waals surface area contributed by atoms with E-state index in [9.17, 15) is 9.90 Å². The summed E-state index contributed by atoms with van der Waals surface area (Å²) in [5.41, 5.74) is 6.22. The Hall–Kier alpha value is -3.47. The standard InChI is InChI=1S/C23H21N3O2/c1-2-6-21-20(22-24-13-5-14-26(22)25-21)15-16-9-11-17(12-10-16)18-7-3-4-8-19(18)23(27)28/h3-5,7-14H,2,6,15H2,1H3,(H,27,28). The number of aromatic carboxylic acids is 1. The van der Waals surface area contributed by atoms with Gasteiger partial charge in [0.25, 0.3) is 0 Å². The summed E-state index contributed by atoms with van der Waals surface area (Å²) in [6, 6.07) is 17.0. The summed E-state index contributed by atoms with van der Waals surface area (Å²) >= 11 is 0. The van der Waals surface area contributed by atoms with E-state index in [1.54, 1.807) is 18.3 Å². The van der Waals surface area contributed by atoms with Crippen LogP contribution in [-0.4, -0.2) is 25.7 Å². The number of carboxylic acid groups (broad SMARTS) is 1. The van der Waals surface area contributed by atoms with Gasteiger partial charge < -0.3 is 5.11 Å². The molecule has 5 heteroatoms. The van der Waals surface area contributed by atoms with Crippen LogP contribution in [0.1, 0.15) is 40.5 Å². The zero-order chi connectivity index (χ0) is 19.5. The Labute approximate surface area is 163 Å². The van der Waals surface area contributed by atoms with Crippen LogP contribution in [0, 0.1) is 0 Å². The molecule has 2 aromatic heterocycles. The van der Waals surface area contributed by atoms with Gasteiger partial charge >= 0.3 is 5.97 Å². The van der Waals surface area contributed by atoms with Gasteiger partial charge in [0.05, 0.1) is 11.3 Å². The molecule has 0 aliphatic heterocycles. The third-order valence-electron chi connectivity index (χ3n) is 4.86. The molecule has 0 fully saturated rings. The first-order chi connectivity index (χ1) is 13.7. The second-order valence-corrected chi connectivity index (χ2v) is 6.79. The van der Waals surface area contributed by atoms with Crippen molar-refractivity contribution in [2.24, 2.45) is 0 Å². The van der Waals surface area contributed by atoms with E-state index in [2.05, 4.69) is 29.1 Å². The maximum Gasteiger partial charge on any atom is 0.336 e. The van der Waals surface area contributed by atoms with Crippen molar-refractivity contribution < 1.29 is 9.90 Å². The summed E-state index contributed by atoms with van der Waals surface area (Å²) < 4.78 is 1.85. The van der Waals surface area contributed by atoms with Gasteiger partial charge in [0.15, 0.2) is 5.65 Å². The van der Waals surface area contributed by atoms with E-state index in [4.69, 9.17) is 0 Å². The van der Waals surface area contributed by atoms with Crippen LogP contribution in [-0.2, 0) is 12.8 Å². The van der Waals surface area contributed by atoms with E-state index in [1.807, 2.05) is 41.0 Å². The highest BCUT2D eigenvalue weighted by molar-refractivity contribution is 5.96. The number of aryl methyl sites for hydroxylation is 1. The first-order valence-electron chi connectivity index (χ1n) is 9.40. The highest BCUT2D eigenvalue weighted by atomic mass is 16.4. The van der Waals surface area contributed by atoms with Gasteiger partial charge in [0.1, 0.15) is 0 Å². The van der Waals surface area contributed by atoms with E-state index in [0.29, 0.717) is 5.56 Å². The summed E-state index contributed by atoms with van der Waals surface area (Å²) in [5, 5.41) is 14.1. The van der Waals surface area contributed by atoms with Crippen LogP contribution in [0.25, 0.3) is 16.8 Å². The zero-order valence-corrected chi connectivity index (χ0v) is 15.7. The third-order valence-corrected chi connectivity index (χ3v) is 4.86. The Bertz CT molecular complexity index is 1130. The van der Waals surface area contributed by atoms with Crippen molar-refractivity contribution in [3.05, 3.63) is 89.4 Å². The normalized spacial score (nSPS) is 11.0. The Morgan fingerprint density at radius 3 is 2.61 bits per heavy atom. The van der Waals surface area contributed by atoms with Gasteiger partial charge in [0.2, 0.25) is 0 Å². The molecule has 0 atom stereocenters. The van der Waals surface area contributed by atoms with Crippen molar-refractivity contribution in [2.45, 2.75) is 26.2 Å². The molecule has 28 heavy (non-hydrogen) atoms. The molecule has 1 N–H and O–H groups in total. The molecule has 0 aliphatic rings. The van der Waals surface area contributed by atoms with Crippen LogP contribution in [0.4, 0.5) is 0 Å². The maximum atomic E-state index is 11.5. The minimum absolute atomic E-state index is 0.312. The van der Waals surface area contributed by atoms with Crippen molar-refractivity contribution in [3.63, 3.8) is 0 Å². The Kier molecular flexibility index (Phi) is 4.89. The van der Waals surface area contributed by atoms with Crippen LogP contribution in [0.3, 0.4) is 0 Å². The van der Waals surface area contributed by atoms with Crippen LogP contribution < -0.4 is 0 Å². The Morgan fingerprint density at radius 2 is 1.86 bits per heavy atom. The molecule has 4 aromatic rings. The van der Waals surface area contributed by atoms with Gasteiger partial charge in [-0.05, 0) is 35.2 Å². The van der Waals surface area contributed by atoms with Crippen LogP contribution >= 0.6 is 0 Å². The number of hydrogen-bond acceptors (Lipinski definition) is 3. The molecule has 5 nitrogen and oxygen atoms in total. The summed E-state index contributed by atoms with van der Waals surface area (Å²) in [7, 11) is 0. The third kappa shape index (κ3) is 3.39. The summed E-state index contributed by atoms with van der Waals surface area (Å²) in [5.74, 6) is -0.915. The number of benzene rings is 2. The predicted octanol–water partition coefficient (Wildman–Crippen LogP) is 4.64. The number of fused-ring (bicyclic) bond motifs is 1. The minimum atomic E-state index is -0.915. The van der Waals surface area contributed by atoms with Crippen LogP contribution in [0.15, 0.2) is 67.0 Å². The molecule has 0 amide bonds. The quantitative estimate of drug-likeness (QED) is 0.536. The molecule has 2 aromatic carbocycles. The zero-order valence-electron chi connectivity index (χ0n) is 15.7.